The third-order valence-electron chi connectivity index (χ3n) is 1.66. The van der Waals surface area contributed by atoms with Crippen molar-refractivity contribution in [2.45, 2.75) is 12.8 Å². The fourth-order valence-electron chi connectivity index (χ4n) is 0.856. The molecule has 0 fully saturated rings. The SMILES string of the molecule is C=CCCC(=O)C(=[N+]=[N-])P(=O)(OC)OC. The molecule has 0 heterocycles. The van der Waals surface area contributed by atoms with Crippen LogP contribution in [0.5, 0.6) is 0 Å². The number of carbonyl (C=O) groups is 1. The number of rotatable bonds is 7. The van der Waals surface area contributed by atoms with Gasteiger partial charge in [0, 0.05) is 20.6 Å². The van der Waals surface area contributed by atoms with E-state index in [1.807, 2.05) is 0 Å². The van der Waals surface area contributed by atoms with Gasteiger partial charge in [0.1, 0.15) is 0 Å². The first kappa shape index (κ1) is 13.9. The van der Waals surface area contributed by atoms with Crippen LogP contribution in [0, 0.1) is 0 Å². The van der Waals surface area contributed by atoms with Gasteiger partial charge in [-0.05, 0) is 6.42 Å². The molecule has 0 aliphatic rings. The van der Waals surface area contributed by atoms with E-state index in [1.165, 1.54) is 6.08 Å². The average Bonchev–Trinajstić information content (AvgIpc) is 2.26. The topological polar surface area (TPSA) is 89.0 Å². The third kappa shape index (κ3) is 3.53. The summed E-state index contributed by atoms with van der Waals surface area (Å²) in [7, 11) is -1.56. The molecule has 15 heavy (non-hydrogen) atoms. The number of ketones is 1. The summed E-state index contributed by atoms with van der Waals surface area (Å²) in [5.74, 6) is -0.593. The van der Waals surface area contributed by atoms with Crippen molar-refractivity contribution >= 4 is 18.8 Å². The van der Waals surface area contributed by atoms with E-state index >= 15 is 0 Å². The lowest BCUT2D eigenvalue weighted by atomic mass is 10.2. The van der Waals surface area contributed by atoms with Crippen molar-refractivity contribution in [3.05, 3.63) is 18.2 Å². The zero-order valence-corrected chi connectivity index (χ0v) is 9.57. The Labute approximate surface area is 88.0 Å². The normalized spacial score (nSPS) is 10.5. The molecule has 0 aromatic rings. The summed E-state index contributed by atoms with van der Waals surface area (Å²) in [5, 5.41) is 0. The minimum atomic E-state index is -3.77. The van der Waals surface area contributed by atoms with Crippen LogP contribution < -0.4 is 0 Å². The molecule has 0 radical (unpaired) electrons. The Bertz CT molecular complexity index is 339. The van der Waals surface area contributed by atoms with Gasteiger partial charge in [-0.15, -0.1) is 6.58 Å². The van der Waals surface area contributed by atoms with E-state index in [0.29, 0.717) is 6.42 Å². The number of carbonyl (C=O) groups excluding carboxylic acids is 1. The predicted octanol–water partition coefficient (Wildman–Crippen LogP) is 1.64. The standard InChI is InChI=1S/C8H13N2O4P/c1-4-5-6-7(11)8(10-9)15(12,13-2)14-3/h4H,1,5-6H2,2-3H3. The van der Waals surface area contributed by atoms with Crippen molar-refractivity contribution < 1.29 is 23.2 Å². The smallest absolute Gasteiger partial charge is 0.360 e. The van der Waals surface area contributed by atoms with Gasteiger partial charge in [-0.1, -0.05) is 6.08 Å². The average molecular weight is 232 g/mol. The molecule has 0 aromatic carbocycles. The molecular weight excluding hydrogens is 219 g/mol. The predicted molar refractivity (Wildman–Crippen MR) is 54.7 cm³/mol. The second-order valence-corrected chi connectivity index (χ2v) is 4.69. The first-order chi connectivity index (χ1) is 7.05. The van der Waals surface area contributed by atoms with E-state index in [9.17, 15) is 9.36 Å². The molecular formula is C8H13N2O4P. The highest BCUT2D eigenvalue weighted by Crippen LogP contribution is 2.47. The van der Waals surface area contributed by atoms with Crippen LogP contribution in [0.1, 0.15) is 12.8 Å². The van der Waals surface area contributed by atoms with Gasteiger partial charge < -0.3 is 14.6 Å². The van der Waals surface area contributed by atoms with Crippen LogP contribution in [-0.4, -0.2) is 30.2 Å². The Morgan fingerprint density at radius 2 is 2.07 bits per heavy atom. The molecule has 0 rings (SSSR count). The Morgan fingerprint density at radius 3 is 2.40 bits per heavy atom. The number of hydrogen-bond acceptors (Lipinski definition) is 4. The highest BCUT2D eigenvalue weighted by molar-refractivity contribution is 7.74. The minimum absolute atomic E-state index is 0.0413. The van der Waals surface area contributed by atoms with Crippen molar-refractivity contribution in [3.8, 4) is 0 Å². The van der Waals surface area contributed by atoms with Crippen LogP contribution in [0.25, 0.3) is 5.53 Å². The highest BCUT2D eigenvalue weighted by Gasteiger charge is 2.43. The molecule has 7 heteroatoms. The minimum Gasteiger partial charge on any atom is -0.360 e. The van der Waals surface area contributed by atoms with Crippen LogP contribution in [0.2, 0.25) is 0 Å². The van der Waals surface area contributed by atoms with Gasteiger partial charge in [0.2, 0.25) is 0 Å². The Hall–Kier alpha value is -1.06. The first-order valence-corrected chi connectivity index (χ1v) is 5.68. The van der Waals surface area contributed by atoms with E-state index in [1.54, 1.807) is 0 Å². The second kappa shape index (κ2) is 6.43. The maximum absolute atomic E-state index is 11.7. The summed E-state index contributed by atoms with van der Waals surface area (Å²) < 4.78 is 20.8. The van der Waals surface area contributed by atoms with Crippen molar-refractivity contribution in [1.82, 2.24) is 0 Å². The van der Waals surface area contributed by atoms with E-state index < -0.39 is 18.8 Å². The van der Waals surface area contributed by atoms with E-state index in [-0.39, 0.29) is 6.42 Å². The monoisotopic (exact) mass is 232 g/mol. The maximum atomic E-state index is 11.7. The maximum Gasteiger partial charge on any atom is 0.446 e. The van der Waals surface area contributed by atoms with Gasteiger partial charge >= 0.3 is 13.0 Å². The fourth-order valence-corrected chi connectivity index (χ4v) is 1.88. The molecule has 0 amide bonds. The Morgan fingerprint density at radius 1 is 1.53 bits per heavy atom. The number of nitrogens with zero attached hydrogens (tertiary/aromatic N) is 2. The fraction of sp³-hybridized carbons (Fsp3) is 0.500. The van der Waals surface area contributed by atoms with E-state index in [4.69, 9.17) is 5.53 Å². The molecule has 0 saturated carbocycles. The molecule has 84 valence electrons. The van der Waals surface area contributed by atoms with Crippen LogP contribution in [0.4, 0.5) is 0 Å². The number of hydrogen-bond donors (Lipinski definition) is 0. The first-order valence-electron chi connectivity index (χ1n) is 4.14. The molecule has 0 aliphatic carbocycles. The highest BCUT2D eigenvalue weighted by atomic mass is 31.2. The van der Waals surface area contributed by atoms with Gasteiger partial charge in [0.25, 0.3) is 5.78 Å². The summed E-state index contributed by atoms with van der Waals surface area (Å²) >= 11 is 0. The van der Waals surface area contributed by atoms with Gasteiger partial charge in [-0.2, -0.15) is 4.79 Å². The van der Waals surface area contributed by atoms with Gasteiger partial charge in [-0.3, -0.25) is 4.79 Å². The van der Waals surface area contributed by atoms with Crippen molar-refractivity contribution in [2.24, 2.45) is 0 Å². The van der Waals surface area contributed by atoms with E-state index in [0.717, 1.165) is 14.2 Å². The molecule has 0 spiro atoms. The van der Waals surface area contributed by atoms with Crippen molar-refractivity contribution in [3.63, 3.8) is 0 Å². The molecule has 0 atom stereocenters. The van der Waals surface area contributed by atoms with Crippen LogP contribution in [0.15, 0.2) is 12.7 Å². The second-order valence-electron chi connectivity index (χ2n) is 2.54. The van der Waals surface area contributed by atoms with Crippen LogP contribution in [0.3, 0.4) is 0 Å². The van der Waals surface area contributed by atoms with Gasteiger partial charge in [0.15, 0.2) is 0 Å². The van der Waals surface area contributed by atoms with Gasteiger partial charge in [-0.25, -0.2) is 4.57 Å². The summed E-state index contributed by atoms with van der Waals surface area (Å²) in [6.45, 7) is 3.43. The lowest BCUT2D eigenvalue weighted by Crippen LogP contribution is -2.17. The largest absolute Gasteiger partial charge is 0.446 e. The summed E-state index contributed by atoms with van der Waals surface area (Å²) in [6, 6.07) is 0. The zero-order valence-electron chi connectivity index (χ0n) is 8.67. The number of Topliss-reactive ketones (excluding diaryl/α,β-unsaturated/α-hetero) is 1. The summed E-state index contributed by atoms with van der Waals surface area (Å²) in [5.41, 5.74) is 8.01. The zero-order chi connectivity index (χ0) is 11.9. The van der Waals surface area contributed by atoms with Crippen molar-refractivity contribution in [1.29, 1.82) is 0 Å². The molecule has 0 aromatic heterocycles. The Balaban J connectivity index is 4.93. The summed E-state index contributed by atoms with van der Waals surface area (Å²) in [6.07, 6.45) is 1.96. The van der Waals surface area contributed by atoms with Crippen molar-refractivity contribution in [2.75, 3.05) is 14.2 Å². The van der Waals surface area contributed by atoms with Gasteiger partial charge in [0.05, 0.1) is 0 Å². The third-order valence-corrected chi connectivity index (χ3v) is 3.48. The molecule has 0 unspecified atom stereocenters. The lowest BCUT2D eigenvalue weighted by molar-refractivity contribution is -0.116. The molecule has 6 nitrogen and oxygen atoms in total. The quantitative estimate of drug-likeness (QED) is 0.219. The number of allylic oxidation sites excluding steroid dienone is 1. The molecule has 0 saturated heterocycles. The summed E-state index contributed by atoms with van der Waals surface area (Å²) in [4.78, 5) is 14.1. The lowest BCUT2D eigenvalue weighted by Gasteiger charge is -2.07. The Kier molecular flexibility index (Phi) is 5.97. The van der Waals surface area contributed by atoms with Crippen LogP contribution in [-0.2, 0) is 18.4 Å². The molecule has 0 N–H and O–H groups in total. The molecule has 0 bridgehead atoms. The van der Waals surface area contributed by atoms with Crippen LogP contribution >= 0.6 is 7.60 Å². The molecule has 0 aliphatic heterocycles. The van der Waals surface area contributed by atoms with E-state index in [2.05, 4.69) is 20.4 Å².